The molecule has 1 saturated heterocycles. The van der Waals surface area contributed by atoms with E-state index in [-0.39, 0.29) is 29.9 Å². The minimum atomic E-state index is -3.52. The molecule has 0 spiro atoms. The van der Waals surface area contributed by atoms with E-state index in [0.29, 0.717) is 5.69 Å². The standard InChI is InChI=1S/C27H32N2O5S/c1-34-13-14-35(32,33)28-23-6-4-5-20(15-23)27(31)21-10-11-22(27)18-29(17-21)16-19-9-12-26(30)25-8-3-2-7-24(19)25/h2-9,12,15,21-22,28,30-31H,10-11,13-14,16-18H2,1H3. The Balaban J connectivity index is 1.35. The number of benzene rings is 3. The second-order valence-corrected chi connectivity index (χ2v) is 11.6. The zero-order valence-corrected chi connectivity index (χ0v) is 20.7. The third-order valence-corrected chi connectivity index (χ3v) is 8.86. The molecule has 0 radical (unpaired) electrons. The topological polar surface area (TPSA) is 99.1 Å². The van der Waals surface area contributed by atoms with Crippen LogP contribution in [0.5, 0.6) is 5.75 Å². The molecule has 2 aliphatic rings. The number of fused-ring (bicyclic) bond motifs is 3. The van der Waals surface area contributed by atoms with Crippen molar-refractivity contribution in [2.75, 3.05) is 37.3 Å². The third-order valence-electron chi connectivity index (χ3n) is 7.61. The van der Waals surface area contributed by atoms with Gasteiger partial charge < -0.3 is 14.9 Å². The molecule has 2 fully saturated rings. The molecular formula is C27H32N2O5S. The van der Waals surface area contributed by atoms with Crippen LogP contribution in [0.25, 0.3) is 10.8 Å². The van der Waals surface area contributed by atoms with Crippen LogP contribution >= 0.6 is 0 Å². The summed E-state index contributed by atoms with van der Waals surface area (Å²) >= 11 is 0. The van der Waals surface area contributed by atoms with Crippen molar-refractivity contribution >= 4 is 26.5 Å². The number of hydrogen-bond donors (Lipinski definition) is 3. The SMILES string of the molecule is COCCS(=O)(=O)Nc1cccc(C2(O)C3CCC2CN(Cc2ccc(O)c4ccccc24)C3)c1. The second-order valence-electron chi connectivity index (χ2n) is 9.77. The molecule has 35 heavy (non-hydrogen) atoms. The number of nitrogens with zero attached hydrogens (tertiary/aromatic N) is 1. The van der Waals surface area contributed by atoms with Crippen molar-refractivity contribution in [1.82, 2.24) is 4.90 Å². The lowest BCUT2D eigenvalue weighted by molar-refractivity contribution is -0.0913. The molecule has 2 atom stereocenters. The number of phenols is 1. The molecule has 0 aromatic heterocycles. The number of methoxy groups -OCH3 is 1. The number of phenolic OH excluding ortho intramolecular Hbond substituents is 1. The molecule has 2 unspecified atom stereocenters. The highest BCUT2D eigenvalue weighted by Gasteiger charge is 2.53. The minimum absolute atomic E-state index is 0.0602. The van der Waals surface area contributed by atoms with Crippen LogP contribution in [0, 0.1) is 11.8 Å². The van der Waals surface area contributed by atoms with Crippen LogP contribution in [-0.2, 0) is 26.9 Å². The predicted octanol–water partition coefficient (Wildman–Crippen LogP) is 3.66. The molecule has 0 amide bonds. The molecule has 186 valence electrons. The van der Waals surface area contributed by atoms with Crippen molar-refractivity contribution in [2.45, 2.75) is 25.0 Å². The van der Waals surface area contributed by atoms with E-state index >= 15 is 0 Å². The maximum atomic E-state index is 12.3. The van der Waals surface area contributed by atoms with Crippen molar-refractivity contribution in [3.63, 3.8) is 0 Å². The quantitative estimate of drug-likeness (QED) is 0.440. The van der Waals surface area contributed by atoms with Crippen LogP contribution in [0.4, 0.5) is 5.69 Å². The van der Waals surface area contributed by atoms with Gasteiger partial charge in [-0.15, -0.1) is 0 Å². The fourth-order valence-electron chi connectivity index (χ4n) is 5.91. The first-order valence-electron chi connectivity index (χ1n) is 12.0. The summed E-state index contributed by atoms with van der Waals surface area (Å²) in [6, 6.07) is 18.8. The van der Waals surface area contributed by atoms with E-state index in [2.05, 4.69) is 9.62 Å². The first kappa shape index (κ1) is 24.1. The lowest BCUT2D eigenvalue weighted by Gasteiger charge is -2.45. The predicted molar refractivity (Wildman–Crippen MR) is 137 cm³/mol. The fourth-order valence-corrected chi connectivity index (χ4v) is 6.89. The highest BCUT2D eigenvalue weighted by Crippen LogP contribution is 2.52. The average molecular weight is 497 g/mol. The molecular weight excluding hydrogens is 464 g/mol. The number of sulfonamides is 1. The number of aliphatic hydroxyl groups is 1. The van der Waals surface area contributed by atoms with Crippen LogP contribution in [0.15, 0.2) is 60.7 Å². The monoisotopic (exact) mass is 496 g/mol. The van der Waals surface area contributed by atoms with Gasteiger partial charge in [-0.2, -0.15) is 0 Å². The van der Waals surface area contributed by atoms with Gasteiger partial charge in [0.1, 0.15) is 5.75 Å². The highest BCUT2D eigenvalue weighted by molar-refractivity contribution is 7.92. The lowest BCUT2D eigenvalue weighted by atomic mass is 9.75. The van der Waals surface area contributed by atoms with Gasteiger partial charge in [0.2, 0.25) is 10.0 Å². The van der Waals surface area contributed by atoms with Gasteiger partial charge in [0.05, 0.1) is 18.0 Å². The Kier molecular flexibility index (Phi) is 6.48. The van der Waals surface area contributed by atoms with Crippen molar-refractivity contribution in [3.8, 4) is 5.75 Å². The van der Waals surface area contributed by atoms with Crippen molar-refractivity contribution in [3.05, 3.63) is 71.8 Å². The van der Waals surface area contributed by atoms with Crippen LogP contribution < -0.4 is 4.72 Å². The van der Waals surface area contributed by atoms with Gasteiger partial charge in [-0.3, -0.25) is 9.62 Å². The number of anilines is 1. The van der Waals surface area contributed by atoms with E-state index in [1.165, 1.54) is 7.11 Å². The van der Waals surface area contributed by atoms with E-state index in [1.807, 2.05) is 36.4 Å². The van der Waals surface area contributed by atoms with Crippen LogP contribution in [0.3, 0.4) is 0 Å². The number of nitrogens with one attached hydrogen (secondary N) is 1. The smallest absolute Gasteiger partial charge is 0.234 e. The van der Waals surface area contributed by atoms with Crippen LogP contribution in [0.2, 0.25) is 0 Å². The van der Waals surface area contributed by atoms with Gasteiger partial charge in [0.15, 0.2) is 0 Å². The Morgan fingerprint density at radius 1 is 1.03 bits per heavy atom. The number of likely N-dealkylation sites (tertiary alicyclic amines) is 1. The normalized spacial score (nSPS) is 24.6. The fraction of sp³-hybridized carbons (Fsp3) is 0.407. The Bertz CT molecular complexity index is 1310. The molecule has 1 aliphatic heterocycles. The van der Waals surface area contributed by atoms with Crippen LogP contribution in [-0.4, -0.2) is 56.1 Å². The Labute approximate surface area is 206 Å². The summed E-state index contributed by atoms with van der Waals surface area (Å²) in [5.41, 5.74) is 1.41. The van der Waals surface area contributed by atoms with Crippen LogP contribution in [0.1, 0.15) is 24.0 Å². The van der Waals surface area contributed by atoms with Gasteiger partial charge in [-0.1, -0.05) is 42.5 Å². The van der Waals surface area contributed by atoms with Gasteiger partial charge >= 0.3 is 0 Å². The van der Waals surface area contributed by atoms with Gasteiger partial charge in [-0.25, -0.2) is 8.42 Å². The summed E-state index contributed by atoms with van der Waals surface area (Å²) in [5, 5.41) is 24.1. The van der Waals surface area contributed by atoms with Crippen molar-refractivity contribution < 1.29 is 23.4 Å². The highest BCUT2D eigenvalue weighted by atomic mass is 32.2. The molecule has 3 aromatic carbocycles. The number of rotatable bonds is 8. The van der Waals surface area contributed by atoms with E-state index in [1.54, 1.807) is 24.3 Å². The zero-order chi connectivity index (χ0) is 24.6. The molecule has 1 heterocycles. The van der Waals surface area contributed by atoms with E-state index < -0.39 is 15.6 Å². The minimum Gasteiger partial charge on any atom is -0.507 e. The van der Waals surface area contributed by atoms with Crippen molar-refractivity contribution in [2.24, 2.45) is 11.8 Å². The molecule has 5 rings (SSSR count). The van der Waals surface area contributed by atoms with E-state index in [0.717, 1.165) is 54.4 Å². The number of piperidine rings is 1. The maximum absolute atomic E-state index is 12.3. The molecule has 3 aromatic rings. The molecule has 1 aliphatic carbocycles. The molecule has 3 N–H and O–H groups in total. The summed E-state index contributed by atoms with van der Waals surface area (Å²) in [6.45, 7) is 2.39. The Hall–Kier alpha value is -2.65. The van der Waals surface area contributed by atoms with Gasteiger partial charge in [0, 0.05) is 49.7 Å². The molecule has 7 nitrogen and oxygen atoms in total. The second kappa shape index (κ2) is 9.43. The summed E-state index contributed by atoms with van der Waals surface area (Å²) in [7, 11) is -2.05. The maximum Gasteiger partial charge on any atom is 0.234 e. The Morgan fingerprint density at radius 2 is 1.74 bits per heavy atom. The first-order valence-corrected chi connectivity index (χ1v) is 13.7. The van der Waals surface area contributed by atoms with Gasteiger partial charge in [0.25, 0.3) is 0 Å². The summed E-state index contributed by atoms with van der Waals surface area (Å²) in [4.78, 5) is 2.40. The number of hydrogen-bond acceptors (Lipinski definition) is 6. The molecule has 8 heteroatoms. The van der Waals surface area contributed by atoms with E-state index in [9.17, 15) is 18.6 Å². The Morgan fingerprint density at radius 3 is 2.46 bits per heavy atom. The largest absolute Gasteiger partial charge is 0.507 e. The summed E-state index contributed by atoms with van der Waals surface area (Å²) in [6.07, 6.45) is 1.86. The number of ether oxygens (including phenoxy) is 1. The zero-order valence-electron chi connectivity index (χ0n) is 19.9. The van der Waals surface area contributed by atoms with Crippen molar-refractivity contribution in [1.29, 1.82) is 0 Å². The molecule has 2 bridgehead atoms. The summed E-state index contributed by atoms with van der Waals surface area (Å²) < 4.78 is 32.1. The van der Waals surface area contributed by atoms with Gasteiger partial charge in [-0.05, 0) is 47.6 Å². The van der Waals surface area contributed by atoms with E-state index in [4.69, 9.17) is 4.74 Å². The average Bonchev–Trinajstić information content (AvgIpc) is 3.01. The first-order chi connectivity index (χ1) is 16.8. The summed E-state index contributed by atoms with van der Waals surface area (Å²) in [5.74, 6) is 0.287. The lowest BCUT2D eigenvalue weighted by Crippen LogP contribution is -2.51. The third kappa shape index (κ3) is 4.63. The molecule has 1 saturated carbocycles. The number of aromatic hydroxyl groups is 1.